The Bertz CT molecular complexity index is 130. The van der Waals surface area contributed by atoms with E-state index in [1.165, 1.54) is 0 Å². The number of hydrogen-bond acceptors (Lipinski definition) is 2. The van der Waals surface area contributed by atoms with Gasteiger partial charge in [0.1, 0.15) is 0 Å². The third kappa shape index (κ3) is 12.8. The van der Waals surface area contributed by atoms with E-state index in [0.29, 0.717) is 19.3 Å². The molecular weight excluding hydrogens is 188 g/mol. The van der Waals surface area contributed by atoms with Gasteiger partial charge < -0.3 is 10.2 Å². The van der Waals surface area contributed by atoms with Gasteiger partial charge in [-0.25, -0.2) is 0 Å². The fraction of sp³-hybridized carbons (Fsp3) is 0.714. The summed E-state index contributed by atoms with van der Waals surface area (Å²) in [4.78, 5) is 20.0. The summed E-state index contributed by atoms with van der Waals surface area (Å²) in [6.07, 6.45) is 2.10. The van der Waals surface area contributed by atoms with Gasteiger partial charge in [-0.1, -0.05) is 6.42 Å². The van der Waals surface area contributed by atoms with Crippen LogP contribution in [0.4, 0.5) is 0 Å². The third-order valence-corrected chi connectivity index (χ3v) is 1.28. The summed E-state index contributed by atoms with van der Waals surface area (Å²) in [7, 11) is 0. The van der Waals surface area contributed by atoms with E-state index in [1.54, 1.807) is 0 Å². The van der Waals surface area contributed by atoms with Gasteiger partial charge in [0.25, 0.3) is 0 Å². The molecule has 0 unspecified atom stereocenters. The van der Waals surface area contributed by atoms with Gasteiger partial charge in [-0.15, -0.1) is 0 Å². The zero-order valence-electron chi connectivity index (χ0n) is 6.25. The minimum atomic E-state index is -0.819. The molecule has 4 nitrogen and oxygen atoms in total. The number of aliphatic carboxylic acids is 2. The van der Waals surface area contributed by atoms with Crippen molar-refractivity contribution in [1.82, 2.24) is 0 Å². The van der Waals surface area contributed by atoms with E-state index in [9.17, 15) is 9.59 Å². The fourth-order valence-electron chi connectivity index (χ4n) is 0.729. The summed E-state index contributed by atoms with van der Waals surface area (Å²) in [5, 5.41) is 16.4. The number of rotatable bonds is 6. The maximum absolute atomic E-state index is 9.98. The second-order valence-electron chi connectivity index (χ2n) is 2.35. The fourth-order valence-corrected chi connectivity index (χ4v) is 0.729. The van der Waals surface area contributed by atoms with Crippen molar-refractivity contribution >= 4 is 49.7 Å². The predicted octanol–water partition coefficient (Wildman–Crippen LogP) is 0.190. The topological polar surface area (TPSA) is 74.6 Å². The molecule has 0 saturated carbocycles. The number of unbranched alkanes of at least 4 members (excludes halogenated alkanes) is 2. The van der Waals surface area contributed by atoms with E-state index in [2.05, 4.69) is 0 Å². The number of carbonyl (C=O) groups is 2. The van der Waals surface area contributed by atoms with E-state index < -0.39 is 11.9 Å². The van der Waals surface area contributed by atoms with Crippen molar-refractivity contribution in [3.63, 3.8) is 0 Å². The quantitative estimate of drug-likeness (QED) is 0.476. The van der Waals surface area contributed by atoms with Gasteiger partial charge in [0.05, 0.1) is 0 Å². The number of carboxylic acid groups (broad SMARTS) is 2. The molecule has 0 bridgehead atoms. The molecule has 0 aliphatic heterocycles. The average Bonchev–Trinajstić information content (AvgIpc) is 1.85. The average molecular weight is 202 g/mol. The number of carboxylic acids is 2. The molecule has 0 aliphatic carbocycles. The first-order valence-corrected chi connectivity index (χ1v) is 3.56. The van der Waals surface area contributed by atoms with Crippen LogP contribution in [0.15, 0.2) is 0 Å². The van der Waals surface area contributed by atoms with Crippen molar-refractivity contribution in [3.8, 4) is 0 Å². The van der Waals surface area contributed by atoms with Crippen LogP contribution in [0.25, 0.3) is 0 Å². The molecule has 0 fully saturated rings. The zero-order valence-corrected chi connectivity index (χ0v) is 6.25. The van der Waals surface area contributed by atoms with Gasteiger partial charge in [0.15, 0.2) is 0 Å². The summed E-state index contributed by atoms with van der Waals surface area (Å²) >= 11 is 0. The van der Waals surface area contributed by atoms with Crippen molar-refractivity contribution < 1.29 is 19.8 Å². The van der Waals surface area contributed by atoms with Crippen LogP contribution in [-0.2, 0) is 9.59 Å². The summed E-state index contributed by atoms with van der Waals surface area (Å²) < 4.78 is 0. The van der Waals surface area contributed by atoms with Crippen LogP contribution in [0.5, 0.6) is 0 Å². The van der Waals surface area contributed by atoms with Gasteiger partial charge in [-0.05, 0) is 12.8 Å². The molecule has 0 atom stereocenters. The van der Waals surface area contributed by atoms with Crippen molar-refractivity contribution in [1.29, 1.82) is 0 Å². The second kappa shape index (κ2) is 9.29. The SMILES string of the molecule is O=C(O)CCCCCC(=O)O.[CaH2]. The van der Waals surface area contributed by atoms with Gasteiger partial charge in [0, 0.05) is 12.8 Å². The monoisotopic (exact) mass is 202 g/mol. The van der Waals surface area contributed by atoms with Crippen molar-refractivity contribution in [2.24, 2.45) is 0 Å². The van der Waals surface area contributed by atoms with Crippen LogP contribution in [0.1, 0.15) is 32.1 Å². The molecule has 68 valence electrons. The van der Waals surface area contributed by atoms with Crippen molar-refractivity contribution in [2.45, 2.75) is 32.1 Å². The van der Waals surface area contributed by atoms with Crippen LogP contribution in [0.2, 0.25) is 0 Å². The molecule has 0 aromatic heterocycles. The first kappa shape index (κ1) is 14.7. The predicted molar refractivity (Wildman–Crippen MR) is 46.9 cm³/mol. The molecular formula is C7H14CaO4. The molecule has 12 heavy (non-hydrogen) atoms. The molecule has 0 aliphatic rings. The first-order chi connectivity index (χ1) is 5.13. The summed E-state index contributed by atoms with van der Waals surface area (Å²) in [6, 6.07) is 0. The van der Waals surface area contributed by atoms with E-state index in [0.717, 1.165) is 0 Å². The Hall–Kier alpha value is 0.200. The number of hydrogen-bond donors (Lipinski definition) is 2. The third-order valence-electron chi connectivity index (χ3n) is 1.28. The first-order valence-electron chi connectivity index (χ1n) is 3.56. The standard InChI is InChI=1S/C7H12O4.Ca.2H/c8-6(9)4-2-1-3-5-7(10)11;;;/h1-5H2,(H,8,9)(H,10,11);;;. The van der Waals surface area contributed by atoms with Crippen molar-refractivity contribution in [2.75, 3.05) is 0 Å². The molecule has 0 spiro atoms. The maximum atomic E-state index is 9.98. The van der Waals surface area contributed by atoms with Crippen LogP contribution in [0.3, 0.4) is 0 Å². The van der Waals surface area contributed by atoms with Crippen LogP contribution >= 0.6 is 0 Å². The van der Waals surface area contributed by atoms with Crippen LogP contribution < -0.4 is 0 Å². The van der Waals surface area contributed by atoms with Gasteiger partial charge in [0.2, 0.25) is 0 Å². The molecule has 0 rings (SSSR count). The Balaban J connectivity index is 0. The molecule has 0 aromatic rings. The summed E-state index contributed by atoms with van der Waals surface area (Å²) in [5.74, 6) is -1.64. The Kier molecular flexibility index (Phi) is 11.4. The molecule has 2 N–H and O–H groups in total. The summed E-state index contributed by atoms with van der Waals surface area (Å²) in [6.45, 7) is 0. The Morgan fingerprint density at radius 2 is 1.17 bits per heavy atom. The minimum absolute atomic E-state index is 0. The van der Waals surface area contributed by atoms with E-state index in [4.69, 9.17) is 10.2 Å². The van der Waals surface area contributed by atoms with E-state index >= 15 is 0 Å². The Morgan fingerprint density at radius 1 is 0.833 bits per heavy atom. The normalized spacial score (nSPS) is 8.67. The molecule has 5 heteroatoms. The summed E-state index contributed by atoms with van der Waals surface area (Å²) in [5.41, 5.74) is 0. The Morgan fingerprint density at radius 3 is 1.42 bits per heavy atom. The molecule has 0 radical (unpaired) electrons. The molecule has 0 amide bonds. The van der Waals surface area contributed by atoms with Gasteiger partial charge in [-0.2, -0.15) is 0 Å². The Labute approximate surface area is 101 Å². The zero-order chi connectivity index (χ0) is 8.69. The molecule has 0 heterocycles. The molecule has 0 saturated heterocycles. The second-order valence-corrected chi connectivity index (χ2v) is 2.35. The van der Waals surface area contributed by atoms with E-state index in [1.807, 2.05) is 0 Å². The van der Waals surface area contributed by atoms with E-state index in [-0.39, 0.29) is 50.6 Å². The van der Waals surface area contributed by atoms with Crippen LogP contribution in [0, 0.1) is 0 Å². The van der Waals surface area contributed by atoms with Crippen LogP contribution in [-0.4, -0.2) is 59.9 Å². The van der Waals surface area contributed by atoms with Crippen molar-refractivity contribution in [3.05, 3.63) is 0 Å². The van der Waals surface area contributed by atoms with Gasteiger partial charge >= 0.3 is 49.7 Å². The van der Waals surface area contributed by atoms with Gasteiger partial charge in [-0.3, -0.25) is 9.59 Å². The molecule has 0 aromatic carbocycles.